The highest BCUT2D eigenvalue weighted by Crippen LogP contribution is 2.13. The van der Waals surface area contributed by atoms with Crippen molar-refractivity contribution in [1.82, 2.24) is 4.98 Å². The number of H-pyrrole nitrogens is 1. The van der Waals surface area contributed by atoms with Crippen molar-refractivity contribution < 1.29 is 14.2 Å². The van der Waals surface area contributed by atoms with Crippen molar-refractivity contribution in [1.29, 1.82) is 0 Å². The summed E-state index contributed by atoms with van der Waals surface area (Å²) in [6.45, 7) is 0. The summed E-state index contributed by atoms with van der Waals surface area (Å²) in [4.78, 5) is 37.3. The first-order chi connectivity index (χ1) is 11.1. The minimum Gasteiger partial charge on any atom is -0.297 e. The Balaban J connectivity index is 1.92. The molecule has 5 nitrogen and oxygen atoms in total. The monoisotopic (exact) mass is 345 g/mol. The van der Waals surface area contributed by atoms with Crippen LogP contribution in [0.4, 0.5) is 0 Å². The van der Waals surface area contributed by atoms with Crippen LogP contribution in [0.3, 0.4) is 0 Å². The van der Waals surface area contributed by atoms with Gasteiger partial charge in [-0.2, -0.15) is 4.98 Å². The van der Waals surface area contributed by atoms with Crippen LogP contribution in [0.5, 0.6) is 0 Å². The SMILES string of the molecule is O=Cc1sc(=O)[nH]c1-[n+]1ccc(C(=O)c2ccc(Cl)cc2)cc1. The maximum absolute atomic E-state index is 12.4. The minimum absolute atomic E-state index is 0.136. The van der Waals surface area contributed by atoms with E-state index in [4.69, 9.17) is 11.6 Å². The molecule has 1 N–H and O–H groups in total. The van der Waals surface area contributed by atoms with Gasteiger partial charge >= 0.3 is 10.7 Å². The lowest BCUT2D eigenvalue weighted by atomic mass is 10.0. The number of halogens is 1. The van der Waals surface area contributed by atoms with E-state index in [1.807, 2.05) is 0 Å². The number of thiazole rings is 1. The molecule has 0 fully saturated rings. The zero-order chi connectivity index (χ0) is 16.4. The summed E-state index contributed by atoms with van der Waals surface area (Å²) in [7, 11) is 0. The number of pyridine rings is 1. The second-order valence-corrected chi connectivity index (χ2v) is 6.13. The van der Waals surface area contributed by atoms with Crippen molar-refractivity contribution in [3.63, 3.8) is 0 Å². The van der Waals surface area contributed by atoms with Crippen LogP contribution in [-0.2, 0) is 0 Å². The predicted molar refractivity (Wildman–Crippen MR) is 86.7 cm³/mol. The number of rotatable bonds is 4. The Hall–Kier alpha value is -2.57. The fourth-order valence-electron chi connectivity index (χ4n) is 2.10. The first kappa shape index (κ1) is 15.3. The number of aldehydes is 1. The van der Waals surface area contributed by atoms with Gasteiger partial charge in [-0.3, -0.25) is 9.59 Å². The molecule has 0 aliphatic heterocycles. The van der Waals surface area contributed by atoms with Gasteiger partial charge in [0.15, 0.2) is 16.9 Å². The van der Waals surface area contributed by atoms with Crippen molar-refractivity contribution in [2.75, 3.05) is 0 Å². The van der Waals surface area contributed by atoms with Gasteiger partial charge in [-0.25, -0.2) is 9.36 Å². The molecule has 2 aromatic heterocycles. The molecule has 3 aromatic rings. The summed E-state index contributed by atoms with van der Waals surface area (Å²) in [5, 5.41) is 0.565. The fourth-order valence-corrected chi connectivity index (χ4v) is 2.87. The maximum atomic E-state index is 12.4. The van der Waals surface area contributed by atoms with E-state index in [0.29, 0.717) is 33.1 Å². The van der Waals surface area contributed by atoms with Gasteiger partial charge in [-0.15, -0.1) is 0 Å². The molecule has 0 saturated heterocycles. The number of nitrogens with zero attached hydrogens (tertiary/aromatic N) is 1. The van der Waals surface area contributed by atoms with E-state index in [9.17, 15) is 14.4 Å². The van der Waals surface area contributed by atoms with Gasteiger partial charge in [0, 0.05) is 16.1 Å². The van der Waals surface area contributed by atoms with Crippen molar-refractivity contribution in [3.05, 3.63) is 79.5 Å². The van der Waals surface area contributed by atoms with Crippen molar-refractivity contribution >= 4 is 35.0 Å². The Kier molecular flexibility index (Phi) is 4.18. The third-order valence-electron chi connectivity index (χ3n) is 3.22. The Morgan fingerprint density at radius 1 is 1.09 bits per heavy atom. The number of benzene rings is 1. The van der Waals surface area contributed by atoms with E-state index < -0.39 is 0 Å². The van der Waals surface area contributed by atoms with Crippen LogP contribution in [0.15, 0.2) is 53.6 Å². The van der Waals surface area contributed by atoms with Crippen molar-refractivity contribution in [2.45, 2.75) is 0 Å². The summed E-state index contributed by atoms with van der Waals surface area (Å²) in [6, 6.07) is 9.89. The van der Waals surface area contributed by atoms with Crippen LogP contribution in [0.25, 0.3) is 5.82 Å². The molecule has 0 radical (unpaired) electrons. The number of hydrogen-bond donors (Lipinski definition) is 1. The molecule has 0 aliphatic carbocycles. The number of ketones is 1. The lowest BCUT2D eigenvalue weighted by Crippen LogP contribution is -2.32. The third kappa shape index (κ3) is 3.13. The summed E-state index contributed by atoms with van der Waals surface area (Å²) in [5.41, 5.74) is 1.03. The zero-order valence-electron chi connectivity index (χ0n) is 11.7. The van der Waals surface area contributed by atoms with E-state index >= 15 is 0 Å². The van der Waals surface area contributed by atoms with E-state index in [1.165, 1.54) is 0 Å². The molecule has 2 heterocycles. The molecule has 7 heteroatoms. The van der Waals surface area contributed by atoms with Crippen molar-refractivity contribution in [2.24, 2.45) is 0 Å². The van der Waals surface area contributed by atoms with Gasteiger partial charge in [-0.05, 0) is 47.7 Å². The number of aromatic amines is 1. The summed E-state index contributed by atoms with van der Waals surface area (Å²) < 4.78 is 1.58. The van der Waals surface area contributed by atoms with Crippen LogP contribution in [0.1, 0.15) is 25.6 Å². The number of aromatic nitrogens is 2. The Bertz CT molecular complexity index is 927. The molecule has 0 saturated carbocycles. The molecule has 23 heavy (non-hydrogen) atoms. The van der Waals surface area contributed by atoms with E-state index in [1.54, 1.807) is 53.4 Å². The lowest BCUT2D eigenvalue weighted by Gasteiger charge is -2.02. The molecular formula is C16H10ClN2O3S+. The van der Waals surface area contributed by atoms with Gasteiger partial charge in [0.1, 0.15) is 0 Å². The molecule has 0 unspecified atom stereocenters. The zero-order valence-corrected chi connectivity index (χ0v) is 13.2. The molecule has 0 spiro atoms. The first-order valence-electron chi connectivity index (χ1n) is 6.59. The molecular weight excluding hydrogens is 336 g/mol. The molecule has 0 aliphatic rings. The average molecular weight is 346 g/mol. The van der Waals surface area contributed by atoms with Crippen LogP contribution >= 0.6 is 22.9 Å². The topological polar surface area (TPSA) is 70.9 Å². The molecule has 0 atom stereocenters. The highest BCUT2D eigenvalue weighted by atomic mass is 35.5. The number of carbonyl (C=O) groups excluding carboxylic acids is 2. The Morgan fingerprint density at radius 3 is 2.30 bits per heavy atom. The van der Waals surface area contributed by atoms with E-state index in [-0.39, 0.29) is 10.7 Å². The highest BCUT2D eigenvalue weighted by Gasteiger charge is 2.17. The van der Waals surface area contributed by atoms with Gasteiger partial charge in [0.05, 0.1) is 12.4 Å². The summed E-state index contributed by atoms with van der Waals surface area (Å²) in [5.74, 6) is 0.253. The Labute approximate surface area is 139 Å². The average Bonchev–Trinajstić information content (AvgIpc) is 2.96. The maximum Gasteiger partial charge on any atom is 0.390 e. The molecule has 0 amide bonds. The standard InChI is InChI=1S/C16H9ClN2O3S/c17-12-3-1-10(2-4-12)14(21)11-5-7-19(8-6-11)15-13(9-20)23-16(22)18-15/h1-9H/p+1. The fraction of sp³-hybridized carbons (Fsp3) is 0. The van der Waals surface area contributed by atoms with Crippen LogP contribution in [0.2, 0.25) is 5.02 Å². The van der Waals surface area contributed by atoms with Gasteiger partial charge < -0.3 is 0 Å². The molecule has 1 aromatic carbocycles. The second-order valence-electron chi connectivity index (χ2n) is 4.68. The third-order valence-corrected chi connectivity index (χ3v) is 4.27. The van der Waals surface area contributed by atoms with E-state index in [2.05, 4.69) is 4.98 Å². The van der Waals surface area contributed by atoms with E-state index in [0.717, 1.165) is 11.3 Å². The molecule has 0 bridgehead atoms. The molecule has 3 rings (SSSR count). The second kappa shape index (κ2) is 6.28. The van der Waals surface area contributed by atoms with Gasteiger partial charge in [0.25, 0.3) is 0 Å². The normalized spacial score (nSPS) is 10.5. The number of nitrogens with one attached hydrogen (secondary N) is 1. The largest absolute Gasteiger partial charge is 0.390 e. The summed E-state index contributed by atoms with van der Waals surface area (Å²) >= 11 is 6.65. The highest BCUT2D eigenvalue weighted by molar-refractivity contribution is 7.11. The van der Waals surface area contributed by atoms with Crippen LogP contribution < -0.4 is 9.44 Å². The number of hydrogen-bond acceptors (Lipinski definition) is 4. The van der Waals surface area contributed by atoms with Gasteiger partial charge in [0.2, 0.25) is 0 Å². The van der Waals surface area contributed by atoms with Crippen LogP contribution in [0, 0.1) is 0 Å². The summed E-state index contributed by atoms with van der Waals surface area (Å²) in [6.07, 6.45) is 3.86. The van der Waals surface area contributed by atoms with Gasteiger partial charge in [-0.1, -0.05) is 11.6 Å². The van der Waals surface area contributed by atoms with Crippen LogP contribution in [-0.4, -0.2) is 17.1 Å². The Morgan fingerprint density at radius 2 is 1.70 bits per heavy atom. The molecule has 114 valence electrons. The quantitative estimate of drug-likeness (QED) is 0.448. The number of carbonyl (C=O) groups is 2. The lowest BCUT2D eigenvalue weighted by molar-refractivity contribution is -0.599. The predicted octanol–water partition coefficient (Wildman–Crippen LogP) is 2.41. The first-order valence-corrected chi connectivity index (χ1v) is 7.78. The minimum atomic E-state index is -0.309. The van der Waals surface area contributed by atoms with Crippen molar-refractivity contribution in [3.8, 4) is 5.82 Å². The smallest absolute Gasteiger partial charge is 0.297 e.